The molecule has 2 N–H and O–H groups in total. The summed E-state index contributed by atoms with van der Waals surface area (Å²) in [6.45, 7) is 21.2. The van der Waals surface area contributed by atoms with Crippen molar-refractivity contribution in [3.63, 3.8) is 0 Å². The Kier molecular flexibility index (Phi) is 13.6. The summed E-state index contributed by atoms with van der Waals surface area (Å²) in [5.41, 5.74) is 0.0467. The topological polar surface area (TPSA) is 135 Å². The first-order chi connectivity index (χ1) is 19.3. The number of aliphatic carboxylic acids is 2. The van der Waals surface area contributed by atoms with Gasteiger partial charge in [-0.15, -0.1) is 10.2 Å². The van der Waals surface area contributed by atoms with Crippen molar-refractivity contribution in [3.8, 4) is 11.8 Å². The van der Waals surface area contributed by atoms with Gasteiger partial charge in [-0.05, 0) is 93.4 Å². The second kappa shape index (κ2) is 16.4. The van der Waals surface area contributed by atoms with Gasteiger partial charge in [-0.25, -0.2) is 9.59 Å². The molecule has 2 fully saturated rings. The lowest BCUT2D eigenvalue weighted by Crippen LogP contribution is -2.33. The van der Waals surface area contributed by atoms with Crippen LogP contribution in [-0.4, -0.2) is 104 Å². The average molecular weight is 579 g/mol. The van der Waals surface area contributed by atoms with Crippen LogP contribution in [0.5, 0.6) is 11.8 Å². The van der Waals surface area contributed by atoms with Gasteiger partial charge in [0, 0.05) is 37.6 Å². The lowest BCUT2D eigenvalue weighted by Gasteiger charge is -2.25. The Balaban J connectivity index is 0.000000241. The first-order valence-corrected chi connectivity index (χ1v) is 14.5. The molecular formula is C29H50N6O6. The maximum Gasteiger partial charge on any atom is 0.414 e. The molecule has 2 aromatic heterocycles. The van der Waals surface area contributed by atoms with E-state index in [0.29, 0.717) is 0 Å². The third kappa shape index (κ3) is 13.4. The Hall–Kier alpha value is -3.12. The highest BCUT2D eigenvalue weighted by Gasteiger charge is 2.16. The average Bonchev–Trinajstić information content (AvgIpc) is 3.67. The van der Waals surface area contributed by atoms with Crippen LogP contribution in [0, 0.1) is 0 Å². The van der Waals surface area contributed by atoms with Gasteiger partial charge in [0.15, 0.2) is 0 Å². The third-order valence-electron chi connectivity index (χ3n) is 6.65. The summed E-state index contributed by atoms with van der Waals surface area (Å²) >= 11 is 0. The number of nitrogens with zero attached hydrogens (tertiary/aromatic N) is 6. The number of rotatable bonds is 8. The highest BCUT2D eigenvalue weighted by molar-refractivity contribution is 6.27. The molecule has 12 nitrogen and oxygen atoms in total. The number of aromatic nitrogens is 4. The summed E-state index contributed by atoms with van der Waals surface area (Å²) in [4.78, 5) is 23.1. The van der Waals surface area contributed by atoms with Crippen LogP contribution in [0.3, 0.4) is 0 Å². The van der Waals surface area contributed by atoms with Crippen molar-refractivity contribution in [2.24, 2.45) is 0 Å². The zero-order chi connectivity index (χ0) is 30.5. The predicted molar refractivity (Wildman–Crippen MR) is 157 cm³/mol. The number of carboxylic acid groups (broad SMARTS) is 2. The summed E-state index contributed by atoms with van der Waals surface area (Å²) in [6.07, 6.45) is 10.7. The lowest BCUT2D eigenvalue weighted by atomic mass is 10.1. The van der Waals surface area contributed by atoms with Gasteiger partial charge in [0.2, 0.25) is 11.8 Å². The van der Waals surface area contributed by atoms with Crippen LogP contribution in [0.15, 0.2) is 24.5 Å². The van der Waals surface area contributed by atoms with Crippen molar-refractivity contribution < 1.29 is 29.3 Å². The second-order valence-corrected chi connectivity index (χ2v) is 12.3. The fourth-order valence-corrected chi connectivity index (χ4v) is 4.26. The molecule has 0 bridgehead atoms. The van der Waals surface area contributed by atoms with Crippen LogP contribution in [-0.2, 0) is 20.7 Å². The van der Waals surface area contributed by atoms with Gasteiger partial charge in [0.05, 0.1) is 11.1 Å². The van der Waals surface area contributed by atoms with Gasteiger partial charge in [-0.1, -0.05) is 6.42 Å². The van der Waals surface area contributed by atoms with Crippen molar-refractivity contribution in [2.45, 2.75) is 84.7 Å². The highest BCUT2D eigenvalue weighted by atomic mass is 16.5. The van der Waals surface area contributed by atoms with E-state index in [2.05, 4.69) is 61.5 Å². The van der Waals surface area contributed by atoms with Gasteiger partial charge in [0.1, 0.15) is 13.2 Å². The van der Waals surface area contributed by atoms with Crippen LogP contribution in [0.25, 0.3) is 0 Å². The number of hydrogen-bond donors (Lipinski definition) is 2. The van der Waals surface area contributed by atoms with E-state index in [0.717, 1.165) is 38.1 Å². The molecule has 2 aliphatic rings. The number of carbonyl (C=O) groups is 2. The molecule has 0 aliphatic carbocycles. The normalized spacial score (nSPS) is 16.2. The molecule has 2 saturated heterocycles. The van der Waals surface area contributed by atoms with Crippen LogP contribution in [0.2, 0.25) is 0 Å². The predicted octanol–water partition coefficient (Wildman–Crippen LogP) is 3.77. The van der Waals surface area contributed by atoms with Gasteiger partial charge in [0.25, 0.3) is 0 Å². The standard InChI is InChI=1S/C14H25N3O.C13H23N3O.C2H2O4/c1-14(2,3)17-10-7-13(15-17)18-12-11-16-8-5-4-6-9-16;1-13(2,3)16-9-6-12(14-16)17-11-10-15-7-4-5-8-15;3-1(4)2(5)6/h7,10H,4-6,8-9,11-12H2,1-3H3;6,9H,4-5,7-8,10-11H2,1-3H3;(H,3,4)(H,5,6). The zero-order valence-electron chi connectivity index (χ0n) is 25.7. The summed E-state index contributed by atoms with van der Waals surface area (Å²) in [7, 11) is 0. The van der Waals surface area contributed by atoms with E-state index < -0.39 is 11.9 Å². The molecule has 0 amide bonds. The molecular weight excluding hydrogens is 528 g/mol. The number of carboxylic acids is 2. The van der Waals surface area contributed by atoms with Gasteiger partial charge >= 0.3 is 11.9 Å². The first-order valence-electron chi connectivity index (χ1n) is 14.5. The molecule has 12 heteroatoms. The van der Waals surface area contributed by atoms with Gasteiger partial charge < -0.3 is 19.7 Å². The molecule has 232 valence electrons. The molecule has 0 saturated carbocycles. The molecule has 2 aromatic rings. The van der Waals surface area contributed by atoms with E-state index in [-0.39, 0.29) is 11.1 Å². The van der Waals surface area contributed by atoms with Crippen molar-refractivity contribution in [2.75, 3.05) is 52.5 Å². The quantitative estimate of drug-likeness (QED) is 0.446. The molecule has 2 aliphatic heterocycles. The smallest absolute Gasteiger partial charge is 0.414 e. The van der Waals surface area contributed by atoms with Crippen molar-refractivity contribution >= 4 is 11.9 Å². The summed E-state index contributed by atoms with van der Waals surface area (Å²) in [5, 5.41) is 23.6. The Morgan fingerprint density at radius 1 is 0.683 bits per heavy atom. The minimum Gasteiger partial charge on any atom is -0.475 e. The van der Waals surface area contributed by atoms with Crippen LogP contribution < -0.4 is 9.47 Å². The van der Waals surface area contributed by atoms with E-state index in [4.69, 9.17) is 29.3 Å². The minimum absolute atomic E-state index is 0.0223. The van der Waals surface area contributed by atoms with Crippen LogP contribution in [0.4, 0.5) is 0 Å². The SMILES string of the molecule is CC(C)(C)n1ccc(OCCN2CCCC2)n1.CC(C)(C)n1ccc(OCCN2CCCCC2)n1.O=C(O)C(=O)O. The molecule has 0 atom stereocenters. The van der Waals surface area contributed by atoms with Crippen molar-refractivity contribution in [1.82, 2.24) is 29.4 Å². The zero-order valence-corrected chi connectivity index (χ0v) is 25.7. The van der Waals surface area contributed by atoms with E-state index in [1.807, 2.05) is 33.9 Å². The monoisotopic (exact) mass is 578 g/mol. The summed E-state index contributed by atoms with van der Waals surface area (Å²) < 4.78 is 15.3. The molecule has 0 radical (unpaired) electrons. The molecule has 4 heterocycles. The summed E-state index contributed by atoms with van der Waals surface area (Å²) in [6, 6.07) is 3.89. The number of piperidine rings is 1. The summed E-state index contributed by atoms with van der Waals surface area (Å²) in [5.74, 6) is -2.17. The number of likely N-dealkylation sites (tertiary alicyclic amines) is 2. The Bertz CT molecular complexity index is 1030. The highest BCUT2D eigenvalue weighted by Crippen LogP contribution is 2.17. The molecule has 41 heavy (non-hydrogen) atoms. The molecule has 0 spiro atoms. The third-order valence-corrected chi connectivity index (χ3v) is 6.65. The molecule has 4 rings (SSSR count). The fraction of sp³-hybridized carbons (Fsp3) is 0.724. The van der Waals surface area contributed by atoms with Crippen molar-refractivity contribution in [3.05, 3.63) is 24.5 Å². The van der Waals surface area contributed by atoms with E-state index in [1.165, 1.54) is 58.3 Å². The van der Waals surface area contributed by atoms with Gasteiger partial charge in [-0.2, -0.15) is 0 Å². The Labute approximate surface area is 244 Å². The maximum absolute atomic E-state index is 9.10. The van der Waals surface area contributed by atoms with E-state index in [9.17, 15) is 0 Å². The van der Waals surface area contributed by atoms with Crippen molar-refractivity contribution in [1.29, 1.82) is 0 Å². The molecule has 0 aromatic carbocycles. The Morgan fingerprint density at radius 3 is 1.32 bits per heavy atom. The fourth-order valence-electron chi connectivity index (χ4n) is 4.26. The van der Waals surface area contributed by atoms with Crippen LogP contribution >= 0.6 is 0 Å². The second-order valence-electron chi connectivity index (χ2n) is 12.3. The number of hydrogen-bond acceptors (Lipinski definition) is 8. The minimum atomic E-state index is -1.82. The first kappa shape index (κ1) is 34.1. The Morgan fingerprint density at radius 2 is 1.02 bits per heavy atom. The largest absolute Gasteiger partial charge is 0.475 e. The van der Waals surface area contributed by atoms with E-state index >= 15 is 0 Å². The van der Waals surface area contributed by atoms with Gasteiger partial charge in [-0.3, -0.25) is 19.2 Å². The van der Waals surface area contributed by atoms with E-state index in [1.54, 1.807) is 0 Å². The van der Waals surface area contributed by atoms with Crippen LogP contribution in [0.1, 0.15) is 73.6 Å². The maximum atomic E-state index is 9.10. The molecule has 0 unspecified atom stereocenters. The lowest BCUT2D eigenvalue weighted by molar-refractivity contribution is -0.159. The number of ether oxygens (including phenoxy) is 2.